The number of hydrogen-bond donors (Lipinski definition) is 3. The minimum absolute atomic E-state index is 0. The first-order valence-electron chi connectivity index (χ1n) is 7.76. The summed E-state index contributed by atoms with van der Waals surface area (Å²) in [7, 11) is 0. The highest BCUT2D eigenvalue weighted by Gasteiger charge is 2.20. The van der Waals surface area contributed by atoms with Gasteiger partial charge in [0.15, 0.2) is 5.96 Å². The first kappa shape index (κ1) is 22.4. The molecule has 132 valence electrons. The van der Waals surface area contributed by atoms with E-state index >= 15 is 0 Å². The molecule has 0 fully saturated rings. The number of nitrogens with one attached hydrogen (secondary N) is 2. The number of halogens is 2. The van der Waals surface area contributed by atoms with Crippen molar-refractivity contribution in [1.29, 1.82) is 0 Å². The van der Waals surface area contributed by atoms with E-state index in [2.05, 4.69) is 27.5 Å². The standard InChI is InChI=1S/C16H27ClN4O.HI/c1-4-16(3,12-22)11-21-15(18-5-2)19-9-8-13-6-7-14(17)20-10-13;/h6-7,10,22H,4-5,8-9,11-12H2,1-3H3,(H2,18,19,21);1H. The maximum Gasteiger partial charge on any atom is 0.191 e. The van der Waals surface area contributed by atoms with Crippen molar-refractivity contribution in [2.75, 3.05) is 26.2 Å². The number of aromatic nitrogens is 1. The van der Waals surface area contributed by atoms with E-state index in [1.807, 2.05) is 19.9 Å². The van der Waals surface area contributed by atoms with Crippen LogP contribution in [0.1, 0.15) is 32.8 Å². The zero-order valence-electron chi connectivity index (χ0n) is 14.1. The second-order valence-corrected chi connectivity index (χ2v) is 6.07. The van der Waals surface area contributed by atoms with Crippen molar-refractivity contribution in [2.24, 2.45) is 10.4 Å². The predicted molar refractivity (Wildman–Crippen MR) is 108 cm³/mol. The molecule has 0 spiro atoms. The van der Waals surface area contributed by atoms with Gasteiger partial charge in [-0.25, -0.2) is 4.98 Å². The van der Waals surface area contributed by atoms with E-state index in [9.17, 15) is 5.11 Å². The van der Waals surface area contributed by atoms with Gasteiger partial charge in [-0.05, 0) is 31.4 Å². The molecule has 1 aromatic rings. The summed E-state index contributed by atoms with van der Waals surface area (Å²) in [6.45, 7) is 8.44. The third kappa shape index (κ3) is 8.72. The third-order valence-electron chi connectivity index (χ3n) is 3.69. The van der Waals surface area contributed by atoms with E-state index in [1.54, 1.807) is 12.3 Å². The Labute approximate surface area is 161 Å². The average molecular weight is 455 g/mol. The van der Waals surface area contributed by atoms with Crippen LogP contribution in [0, 0.1) is 5.41 Å². The molecule has 0 aromatic carbocycles. The Hall–Kier alpha value is -0.600. The van der Waals surface area contributed by atoms with E-state index in [0.29, 0.717) is 11.7 Å². The molecule has 1 heterocycles. The summed E-state index contributed by atoms with van der Waals surface area (Å²) in [6.07, 6.45) is 3.52. The van der Waals surface area contributed by atoms with Crippen molar-refractivity contribution < 1.29 is 5.11 Å². The van der Waals surface area contributed by atoms with Crippen LogP contribution in [0.25, 0.3) is 0 Å². The highest BCUT2D eigenvalue weighted by atomic mass is 127. The van der Waals surface area contributed by atoms with Gasteiger partial charge in [0, 0.05) is 24.7 Å². The Kier molecular flexibility index (Phi) is 11.6. The summed E-state index contributed by atoms with van der Waals surface area (Å²) in [6, 6.07) is 3.77. The van der Waals surface area contributed by atoms with Crippen LogP contribution in [-0.4, -0.2) is 42.3 Å². The molecular formula is C16H28ClIN4O. The summed E-state index contributed by atoms with van der Waals surface area (Å²) in [4.78, 5) is 8.64. The van der Waals surface area contributed by atoms with Gasteiger partial charge < -0.3 is 15.7 Å². The van der Waals surface area contributed by atoms with Gasteiger partial charge in [-0.2, -0.15) is 0 Å². The molecule has 5 nitrogen and oxygen atoms in total. The van der Waals surface area contributed by atoms with E-state index < -0.39 is 0 Å². The zero-order chi connectivity index (χ0) is 16.4. The van der Waals surface area contributed by atoms with Gasteiger partial charge in [-0.3, -0.25) is 4.99 Å². The number of aliphatic hydroxyl groups is 1. The molecule has 1 unspecified atom stereocenters. The minimum Gasteiger partial charge on any atom is -0.396 e. The lowest BCUT2D eigenvalue weighted by molar-refractivity contribution is 0.145. The molecule has 0 aliphatic rings. The van der Waals surface area contributed by atoms with Crippen LogP contribution in [0.2, 0.25) is 5.15 Å². The van der Waals surface area contributed by atoms with Crippen LogP contribution in [-0.2, 0) is 6.42 Å². The van der Waals surface area contributed by atoms with Gasteiger partial charge in [0.1, 0.15) is 5.15 Å². The molecule has 0 amide bonds. The summed E-state index contributed by atoms with van der Waals surface area (Å²) >= 11 is 5.77. The highest BCUT2D eigenvalue weighted by Crippen LogP contribution is 2.19. The van der Waals surface area contributed by atoms with Crippen molar-refractivity contribution in [1.82, 2.24) is 15.6 Å². The predicted octanol–water partition coefficient (Wildman–Crippen LogP) is 2.86. The first-order valence-corrected chi connectivity index (χ1v) is 8.14. The first-order chi connectivity index (χ1) is 10.5. The van der Waals surface area contributed by atoms with Crippen molar-refractivity contribution in [3.63, 3.8) is 0 Å². The van der Waals surface area contributed by atoms with Crippen LogP contribution in [0.15, 0.2) is 23.3 Å². The normalized spacial score (nSPS) is 13.9. The molecule has 0 radical (unpaired) electrons. The Morgan fingerprint density at radius 1 is 1.35 bits per heavy atom. The van der Waals surface area contributed by atoms with Gasteiger partial charge in [0.05, 0.1) is 13.2 Å². The quantitative estimate of drug-likeness (QED) is 0.244. The van der Waals surface area contributed by atoms with E-state index in [-0.39, 0.29) is 36.0 Å². The minimum atomic E-state index is -0.164. The second kappa shape index (κ2) is 11.9. The average Bonchev–Trinajstić information content (AvgIpc) is 2.54. The molecule has 0 saturated heterocycles. The lowest BCUT2D eigenvalue weighted by Gasteiger charge is -2.23. The lowest BCUT2D eigenvalue weighted by atomic mass is 9.89. The second-order valence-electron chi connectivity index (χ2n) is 5.68. The van der Waals surface area contributed by atoms with Crippen LogP contribution in [0.3, 0.4) is 0 Å². The summed E-state index contributed by atoms with van der Waals surface area (Å²) in [5, 5.41) is 16.5. The third-order valence-corrected chi connectivity index (χ3v) is 3.92. The van der Waals surface area contributed by atoms with E-state index in [0.717, 1.165) is 37.5 Å². The van der Waals surface area contributed by atoms with Gasteiger partial charge in [-0.15, -0.1) is 24.0 Å². The monoisotopic (exact) mass is 454 g/mol. The lowest BCUT2D eigenvalue weighted by Crippen LogP contribution is -2.39. The van der Waals surface area contributed by atoms with E-state index in [1.165, 1.54) is 0 Å². The van der Waals surface area contributed by atoms with Crippen LogP contribution in [0.4, 0.5) is 0 Å². The summed E-state index contributed by atoms with van der Waals surface area (Å²) < 4.78 is 0. The number of guanidine groups is 1. The fourth-order valence-electron chi connectivity index (χ4n) is 1.76. The topological polar surface area (TPSA) is 69.5 Å². The molecule has 7 heteroatoms. The number of pyridine rings is 1. The van der Waals surface area contributed by atoms with Gasteiger partial charge in [0.2, 0.25) is 0 Å². The zero-order valence-corrected chi connectivity index (χ0v) is 17.2. The molecular weight excluding hydrogens is 427 g/mol. The summed E-state index contributed by atoms with van der Waals surface area (Å²) in [5.74, 6) is 0.776. The maximum atomic E-state index is 9.45. The molecule has 0 saturated carbocycles. The number of aliphatic hydroxyl groups excluding tert-OH is 1. The molecule has 1 rings (SSSR count). The van der Waals surface area contributed by atoms with Gasteiger partial charge >= 0.3 is 0 Å². The van der Waals surface area contributed by atoms with Crippen LogP contribution in [0.5, 0.6) is 0 Å². The van der Waals surface area contributed by atoms with Crippen molar-refractivity contribution in [3.05, 3.63) is 29.0 Å². The number of hydrogen-bond acceptors (Lipinski definition) is 3. The molecule has 1 aromatic heterocycles. The largest absolute Gasteiger partial charge is 0.396 e. The van der Waals surface area contributed by atoms with Crippen molar-refractivity contribution in [3.8, 4) is 0 Å². The molecule has 0 aliphatic heterocycles. The number of rotatable bonds is 8. The Morgan fingerprint density at radius 3 is 2.61 bits per heavy atom. The maximum absolute atomic E-state index is 9.45. The van der Waals surface area contributed by atoms with Crippen molar-refractivity contribution >= 4 is 41.5 Å². The Morgan fingerprint density at radius 2 is 2.09 bits per heavy atom. The van der Waals surface area contributed by atoms with Gasteiger partial charge in [0.25, 0.3) is 0 Å². The van der Waals surface area contributed by atoms with Gasteiger partial charge in [-0.1, -0.05) is 31.5 Å². The molecule has 0 bridgehead atoms. The fraction of sp³-hybridized carbons (Fsp3) is 0.625. The molecule has 0 aliphatic carbocycles. The number of nitrogens with zero attached hydrogens (tertiary/aromatic N) is 2. The molecule has 3 N–H and O–H groups in total. The van der Waals surface area contributed by atoms with Crippen LogP contribution >= 0.6 is 35.6 Å². The SMILES string of the molecule is CCNC(=NCC(C)(CC)CO)NCCc1ccc(Cl)nc1.I. The Bertz CT molecular complexity index is 464. The molecule has 23 heavy (non-hydrogen) atoms. The summed E-state index contributed by atoms with van der Waals surface area (Å²) in [5.41, 5.74) is 0.962. The van der Waals surface area contributed by atoms with Crippen LogP contribution < -0.4 is 10.6 Å². The highest BCUT2D eigenvalue weighted by molar-refractivity contribution is 14.0. The smallest absolute Gasteiger partial charge is 0.191 e. The van der Waals surface area contributed by atoms with E-state index in [4.69, 9.17) is 11.6 Å². The molecule has 1 atom stereocenters. The number of aliphatic imine (C=N–C) groups is 1. The Balaban J connectivity index is 0.00000484. The van der Waals surface area contributed by atoms with Crippen molar-refractivity contribution in [2.45, 2.75) is 33.6 Å². The fourth-order valence-corrected chi connectivity index (χ4v) is 1.88.